The average Bonchev–Trinajstić information content (AvgIpc) is 2.71. The standard InChI is InChI=1S/C8H6ClNO2S/c9-7-6(4-11)13-8(10-7)5-2-1-3-12-5/h1-3,11H,4H2. The second kappa shape index (κ2) is 3.49. The Morgan fingerprint density at radius 2 is 2.46 bits per heavy atom. The topological polar surface area (TPSA) is 46.3 Å². The first-order chi connectivity index (χ1) is 6.31. The maximum absolute atomic E-state index is 8.88. The van der Waals surface area contributed by atoms with Crippen molar-refractivity contribution in [1.82, 2.24) is 4.98 Å². The van der Waals surface area contributed by atoms with Gasteiger partial charge in [-0.3, -0.25) is 0 Å². The van der Waals surface area contributed by atoms with E-state index in [4.69, 9.17) is 21.1 Å². The third kappa shape index (κ3) is 1.60. The molecule has 2 aromatic heterocycles. The highest BCUT2D eigenvalue weighted by molar-refractivity contribution is 7.15. The Kier molecular flexibility index (Phi) is 2.35. The molecular formula is C8H6ClNO2S. The number of aliphatic hydroxyl groups excluding tert-OH is 1. The summed E-state index contributed by atoms with van der Waals surface area (Å²) in [6.07, 6.45) is 1.57. The zero-order valence-electron chi connectivity index (χ0n) is 6.53. The molecule has 13 heavy (non-hydrogen) atoms. The van der Waals surface area contributed by atoms with Crippen LogP contribution in [0.25, 0.3) is 10.8 Å². The summed E-state index contributed by atoms with van der Waals surface area (Å²) in [5.41, 5.74) is 0. The maximum Gasteiger partial charge on any atom is 0.162 e. The van der Waals surface area contributed by atoms with Crippen LogP contribution in [0, 0.1) is 0 Å². The van der Waals surface area contributed by atoms with Crippen LogP contribution in [-0.2, 0) is 6.61 Å². The van der Waals surface area contributed by atoms with E-state index in [-0.39, 0.29) is 6.61 Å². The first kappa shape index (κ1) is 8.74. The molecule has 0 spiro atoms. The van der Waals surface area contributed by atoms with E-state index < -0.39 is 0 Å². The molecule has 0 fully saturated rings. The molecule has 0 unspecified atom stereocenters. The summed E-state index contributed by atoms with van der Waals surface area (Å²) >= 11 is 7.09. The molecular weight excluding hydrogens is 210 g/mol. The van der Waals surface area contributed by atoms with Gasteiger partial charge < -0.3 is 9.52 Å². The van der Waals surface area contributed by atoms with Gasteiger partial charge in [-0.1, -0.05) is 11.6 Å². The van der Waals surface area contributed by atoms with E-state index in [0.29, 0.717) is 20.8 Å². The summed E-state index contributed by atoms with van der Waals surface area (Å²) in [4.78, 5) is 4.71. The van der Waals surface area contributed by atoms with Crippen LogP contribution < -0.4 is 0 Å². The number of rotatable bonds is 2. The van der Waals surface area contributed by atoms with Gasteiger partial charge >= 0.3 is 0 Å². The molecule has 1 N–H and O–H groups in total. The molecule has 0 amide bonds. The number of thiazole rings is 1. The van der Waals surface area contributed by atoms with E-state index >= 15 is 0 Å². The first-order valence-electron chi connectivity index (χ1n) is 3.61. The smallest absolute Gasteiger partial charge is 0.162 e. The molecule has 0 saturated heterocycles. The second-order valence-corrected chi connectivity index (χ2v) is 3.81. The van der Waals surface area contributed by atoms with Gasteiger partial charge in [0.25, 0.3) is 0 Å². The predicted molar refractivity (Wildman–Crippen MR) is 50.7 cm³/mol. The SMILES string of the molecule is OCc1sc(-c2ccco2)nc1Cl. The average molecular weight is 216 g/mol. The highest BCUT2D eigenvalue weighted by atomic mass is 35.5. The Hall–Kier alpha value is -0.840. The number of aromatic nitrogens is 1. The molecule has 0 aliphatic carbocycles. The van der Waals surface area contributed by atoms with Crippen molar-refractivity contribution in [3.63, 3.8) is 0 Å². The lowest BCUT2D eigenvalue weighted by molar-refractivity contribution is 0.285. The van der Waals surface area contributed by atoms with E-state index in [1.165, 1.54) is 11.3 Å². The van der Waals surface area contributed by atoms with Crippen LogP contribution >= 0.6 is 22.9 Å². The van der Waals surface area contributed by atoms with Crippen molar-refractivity contribution in [3.8, 4) is 10.8 Å². The monoisotopic (exact) mass is 215 g/mol. The number of halogens is 1. The highest BCUT2D eigenvalue weighted by Crippen LogP contribution is 2.30. The first-order valence-corrected chi connectivity index (χ1v) is 4.80. The Morgan fingerprint density at radius 1 is 1.62 bits per heavy atom. The summed E-state index contributed by atoms with van der Waals surface area (Å²) in [5.74, 6) is 0.673. The third-order valence-electron chi connectivity index (χ3n) is 1.53. The van der Waals surface area contributed by atoms with E-state index in [9.17, 15) is 0 Å². The highest BCUT2D eigenvalue weighted by Gasteiger charge is 2.11. The van der Waals surface area contributed by atoms with Crippen molar-refractivity contribution in [2.75, 3.05) is 0 Å². The molecule has 0 aliphatic rings. The molecule has 2 heterocycles. The van der Waals surface area contributed by atoms with Crippen LogP contribution in [0.3, 0.4) is 0 Å². The second-order valence-electron chi connectivity index (χ2n) is 2.37. The van der Waals surface area contributed by atoms with E-state index in [0.717, 1.165) is 0 Å². The molecule has 68 valence electrons. The quantitative estimate of drug-likeness (QED) is 0.838. The molecule has 0 saturated carbocycles. The van der Waals surface area contributed by atoms with Crippen molar-refractivity contribution in [1.29, 1.82) is 0 Å². The minimum atomic E-state index is -0.0861. The Labute approximate surface area is 83.6 Å². The van der Waals surface area contributed by atoms with Crippen LogP contribution in [0.4, 0.5) is 0 Å². The lowest BCUT2D eigenvalue weighted by atomic mass is 10.5. The zero-order chi connectivity index (χ0) is 9.26. The fraction of sp³-hybridized carbons (Fsp3) is 0.125. The molecule has 0 aliphatic heterocycles. The van der Waals surface area contributed by atoms with E-state index in [1.807, 2.05) is 0 Å². The normalized spacial score (nSPS) is 10.6. The summed E-state index contributed by atoms with van der Waals surface area (Å²) in [5, 5.41) is 9.92. The van der Waals surface area contributed by atoms with Crippen molar-refractivity contribution in [2.24, 2.45) is 0 Å². The van der Waals surface area contributed by atoms with Gasteiger partial charge in [0.15, 0.2) is 10.8 Å². The number of nitrogens with zero attached hydrogens (tertiary/aromatic N) is 1. The molecule has 0 atom stereocenters. The van der Waals surface area contributed by atoms with Crippen LogP contribution in [0.15, 0.2) is 22.8 Å². The fourth-order valence-electron chi connectivity index (χ4n) is 0.936. The zero-order valence-corrected chi connectivity index (χ0v) is 8.10. The number of hydrogen-bond donors (Lipinski definition) is 1. The third-order valence-corrected chi connectivity index (χ3v) is 3.00. The van der Waals surface area contributed by atoms with Crippen molar-refractivity contribution in [2.45, 2.75) is 6.61 Å². The van der Waals surface area contributed by atoms with Crippen molar-refractivity contribution >= 4 is 22.9 Å². The molecule has 5 heteroatoms. The maximum atomic E-state index is 8.88. The van der Waals surface area contributed by atoms with Gasteiger partial charge in [0.05, 0.1) is 17.7 Å². The molecule has 0 bridgehead atoms. The Bertz CT molecular complexity index is 396. The van der Waals surface area contributed by atoms with Crippen LogP contribution in [-0.4, -0.2) is 10.1 Å². The summed E-state index contributed by atoms with van der Waals surface area (Å²) < 4.78 is 5.14. The molecule has 0 aromatic carbocycles. The van der Waals surface area contributed by atoms with Gasteiger partial charge in [0, 0.05) is 0 Å². The molecule has 0 radical (unpaired) electrons. The summed E-state index contributed by atoms with van der Waals surface area (Å²) in [7, 11) is 0. The van der Waals surface area contributed by atoms with Gasteiger partial charge in [-0.15, -0.1) is 11.3 Å². The number of hydrogen-bond acceptors (Lipinski definition) is 4. The summed E-state index contributed by atoms with van der Waals surface area (Å²) in [6, 6.07) is 3.58. The van der Waals surface area contributed by atoms with E-state index in [1.54, 1.807) is 18.4 Å². The minimum absolute atomic E-state index is 0.0861. The van der Waals surface area contributed by atoms with Gasteiger partial charge in [0.1, 0.15) is 5.15 Å². The molecule has 2 rings (SSSR count). The Morgan fingerprint density at radius 3 is 3.00 bits per heavy atom. The van der Waals surface area contributed by atoms with Crippen LogP contribution in [0.5, 0.6) is 0 Å². The predicted octanol–water partition coefficient (Wildman–Crippen LogP) is 2.55. The van der Waals surface area contributed by atoms with Crippen LogP contribution in [0.1, 0.15) is 4.88 Å². The lowest BCUT2D eigenvalue weighted by Crippen LogP contribution is -1.75. The van der Waals surface area contributed by atoms with Crippen molar-refractivity contribution in [3.05, 3.63) is 28.4 Å². The fourth-order valence-corrected chi connectivity index (χ4v) is 2.03. The summed E-state index contributed by atoms with van der Waals surface area (Å²) in [6.45, 7) is -0.0861. The lowest BCUT2D eigenvalue weighted by Gasteiger charge is -1.85. The van der Waals surface area contributed by atoms with Crippen LogP contribution in [0.2, 0.25) is 5.15 Å². The van der Waals surface area contributed by atoms with Gasteiger partial charge in [0.2, 0.25) is 0 Å². The minimum Gasteiger partial charge on any atom is -0.462 e. The molecule has 2 aromatic rings. The van der Waals surface area contributed by atoms with Gasteiger partial charge in [-0.25, -0.2) is 4.98 Å². The van der Waals surface area contributed by atoms with Crippen molar-refractivity contribution < 1.29 is 9.52 Å². The largest absolute Gasteiger partial charge is 0.462 e. The van der Waals surface area contributed by atoms with Gasteiger partial charge in [-0.05, 0) is 12.1 Å². The number of furan rings is 1. The Balaban J connectivity index is 2.43. The molecule has 3 nitrogen and oxygen atoms in total. The van der Waals surface area contributed by atoms with Gasteiger partial charge in [-0.2, -0.15) is 0 Å². The number of aliphatic hydroxyl groups is 1. The van der Waals surface area contributed by atoms with E-state index in [2.05, 4.69) is 4.98 Å².